The number of benzene rings is 1. The standard InChI is InChI=1S/C12H10BrN3O2/c13-9-1-3-10(4-2-9)15-11(17)8-16-6-5-14-7-12(16)18/h1-7H,8H2,(H,15,17). The lowest BCUT2D eigenvalue weighted by Gasteiger charge is -2.06. The molecule has 1 aromatic carbocycles. The predicted octanol–water partition coefficient (Wildman–Crippen LogP) is 1.64. The number of carbonyl (C=O) groups is 1. The summed E-state index contributed by atoms with van der Waals surface area (Å²) in [7, 11) is 0. The van der Waals surface area contributed by atoms with Crippen LogP contribution in [0.5, 0.6) is 0 Å². The van der Waals surface area contributed by atoms with Crippen molar-refractivity contribution in [3.63, 3.8) is 0 Å². The van der Waals surface area contributed by atoms with Crippen LogP contribution in [0.2, 0.25) is 0 Å². The molecule has 1 N–H and O–H groups in total. The minimum Gasteiger partial charge on any atom is -0.325 e. The lowest BCUT2D eigenvalue weighted by atomic mass is 10.3. The van der Waals surface area contributed by atoms with Gasteiger partial charge in [-0.15, -0.1) is 0 Å². The maximum absolute atomic E-state index is 11.7. The molecule has 0 saturated carbocycles. The smallest absolute Gasteiger partial charge is 0.269 e. The van der Waals surface area contributed by atoms with Crippen molar-refractivity contribution in [2.45, 2.75) is 6.54 Å². The Labute approximate surface area is 112 Å². The lowest BCUT2D eigenvalue weighted by Crippen LogP contribution is -2.26. The third-order valence-corrected chi connectivity index (χ3v) is 2.77. The second-order valence-corrected chi connectivity index (χ2v) is 4.51. The van der Waals surface area contributed by atoms with E-state index in [0.29, 0.717) is 5.69 Å². The second-order valence-electron chi connectivity index (χ2n) is 3.60. The number of rotatable bonds is 3. The van der Waals surface area contributed by atoms with Gasteiger partial charge < -0.3 is 9.88 Å². The first-order valence-corrected chi connectivity index (χ1v) is 6.00. The molecular weight excluding hydrogens is 298 g/mol. The van der Waals surface area contributed by atoms with Gasteiger partial charge in [-0.2, -0.15) is 0 Å². The van der Waals surface area contributed by atoms with Gasteiger partial charge in [0, 0.05) is 22.6 Å². The average molecular weight is 308 g/mol. The number of anilines is 1. The number of nitrogens with one attached hydrogen (secondary N) is 1. The zero-order chi connectivity index (χ0) is 13.0. The maximum atomic E-state index is 11.7. The van der Waals surface area contributed by atoms with Crippen LogP contribution in [0.3, 0.4) is 0 Å². The van der Waals surface area contributed by atoms with Crippen molar-refractivity contribution in [1.29, 1.82) is 0 Å². The molecule has 0 atom stereocenters. The van der Waals surface area contributed by atoms with Gasteiger partial charge in [-0.1, -0.05) is 15.9 Å². The molecule has 1 aromatic heterocycles. The van der Waals surface area contributed by atoms with Crippen molar-refractivity contribution in [2.75, 3.05) is 5.32 Å². The minimum atomic E-state index is -0.302. The van der Waals surface area contributed by atoms with Crippen LogP contribution in [0.25, 0.3) is 0 Å². The van der Waals surface area contributed by atoms with E-state index in [-0.39, 0.29) is 18.0 Å². The highest BCUT2D eigenvalue weighted by molar-refractivity contribution is 9.10. The van der Waals surface area contributed by atoms with Crippen LogP contribution in [0.15, 0.2) is 52.1 Å². The molecule has 6 heteroatoms. The predicted molar refractivity (Wildman–Crippen MR) is 71.3 cm³/mol. The monoisotopic (exact) mass is 307 g/mol. The minimum absolute atomic E-state index is 0.0303. The molecule has 0 unspecified atom stereocenters. The van der Waals surface area contributed by atoms with Gasteiger partial charge in [-0.05, 0) is 24.3 Å². The lowest BCUT2D eigenvalue weighted by molar-refractivity contribution is -0.116. The Kier molecular flexibility index (Phi) is 3.88. The summed E-state index contributed by atoms with van der Waals surface area (Å²) in [6, 6.07) is 7.21. The van der Waals surface area contributed by atoms with Crippen LogP contribution in [0.4, 0.5) is 5.69 Å². The third-order valence-electron chi connectivity index (χ3n) is 2.24. The highest BCUT2D eigenvalue weighted by Gasteiger charge is 2.04. The first kappa shape index (κ1) is 12.5. The van der Waals surface area contributed by atoms with Crippen molar-refractivity contribution < 1.29 is 4.79 Å². The van der Waals surface area contributed by atoms with Crippen LogP contribution in [0.1, 0.15) is 0 Å². The number of hydrogen-bond donors (Lipinski definition) is 1. The summed E-state index contributed by atoms with van der Waals surface area (Å²) >= 11 is 3.31. The van der Waals surface area contributed by atoms with E-state index in [1.165, 1.54) is 23.2 Å². The molecule has 0 aliphatic rings. The van der Waals surface area contributed by atoms with E-state index < -0.39 is 0 Å². The van der Waals surface area contributed by atoms with Crippen molar-refractivity contribution in [2.24, 2.45) is 0 Å². The molecule has 2 rings (SSSR count). The molecule has 1 amide bonds. The van der Waals surface area contributed by atoms with Gasteiger partial charge in [-0.25, -0.2) is 0 Å². The quantitative estimate of drug-likeness (QED) is 0.937. The molecular formula is C12H10BrN3O2. The summed E-state index contributed by atoms with van der Waals surface area (Å²) in [5.41, 5.74) is 0.383. The number of hydrogen-bond acceptors (Lipinski definition) is 3. The second kappa shape index (κ2) is 5.59. The van der Waals surface area contributed by atoms with Crippen LogP contribution in [0, 0.1) is 0 Å². The fourth-order valence-electron chi connectivity index (χ4n) is 1.39. The Morgan fingerprint density at radius 1 is 1.33 bits per heavy atom. The SMILES string of the molecule is O=C(Cn1ccncc1=O)Nc1ccc(Br)cc1. The van der Waals surface area contributed by atoms with Gasteiger partial charge in [0.2, 0.25) is 5.91 Å². The first-order chi connectivity index (χ1) is 8.65. The molecule has 18 heavy (non-hydrogen) atoms. The van der Waals surface area contributed by atoms with E-state index in [9.17, 15) is 9.59 Å². The molecule has 0 spiro atoms. The largest absolute Gasteiger partial charge is 0.325 e. The molecule has 92 valence electrons. The van der Waals surface area contributed by atoms with Gasteiger partial charge in [0.25, 0.3) is 5.56 Å². The van der Waals surface area contributed by atoms with Gasteiger partial charge in [-0.3, -0.25) is 14.6 Å². The van der Waals surface area contributed by atoms with Crippen LogP contribution in [-0.4, -0.2) is 15.5 Å². The average Bonchev–Trinajstić information content (AvgIpc) is 2.35. The highest BCUT2D eigenvalue weighted by atomic mass is 79.9. The molecule has 0 saturated heterocycles. The van der Waals surface area contributed by atoms with E-state index in [1.54, 1.807) is 12.1 Å². The van der Waals surface area contributed by atoms with Crippen LogP contribution in [-0.2, 0) is 11.3 Å². The van der Waals surface area contributed by atoms with Crippen molar-refractivity contribution >= 4 is 27.5 Å². The Bertz CT molecular complexity index is 607. The van der Waals surface area contributed by atoms with Crippen molar-refractivity contribution in [1.82, 2.24) is 9.55 Å². The van der Waals surface area contributed by atoms with Gasteiger partial charge in [0.05, 0.1) is 6.20 Å². The van der Waals surface area contributed by atoms with E-state index in [2.05, 4.69) is 26.2 Å². The molecule has 0 radical (unpaired) electrons. The molecule has 0 bridgehead atoms. The molecule has 0 fully saturated rings. The zero-order valence-corrected chi connectivity index (χ0v) is 10.9. The van der Waals surface area contributed by atoms with Crippen molar-refractivity contribution in [3.05, 3.63) is 57.7 Å². The number of aromatic nitrogens is 2. The van der Waals surface area contributed by atoms with E-state index in [4.69, 9.17) is 0 Å². The Morgan fingerprint density at radius 3 is 2.72 bits per heavy atom. The van der Waals surface area contributed by atoms with E-state index >= 15 is 0 Å². The summed E-state index contributed by atoms with van der Waals surface area (Å²) in [5.74, 6) is -0.259. The van der Waals surface area contributed by atoms with E-state index in [0.717, 1.165) is 4.47 Å². The van der Waals surface area contributed by atoms with Crippen LogP contribution >= 0.6 is 15.9 Å². The van der Waals surface area contributed by atoms with Gasteiger partial charge in [0.15, 0.2) is 0 Å². The number of nitrogens with zero attached hydrogens (tertiary/aromatic N) is 2. The van der Waals surface area contributed by atoms with Gasteiger partial charge >= 0.3 is 0 Å². The molecule has 5 nitrogen and oxygen atoms in total. The first-order valence-electron chi connectivity index (χ1n) is 5.21. The number of amides is 1. The number of carbonyl (C=O) groups excluding carboxylic acids is 1. The Hall–Kier alpha value is -1.95. The molecule has 2 aromatic rings. The summed E-state index contributed by atoms with van der Waals surface area (Å²) in [6.07, 6.45) is 4.12. The fourth-order valence-corrected chi connectivity index (χ4v) is 1.66. The zero-order valence-electron chi connectivity index (χ0n) is 9.34. The Morgan fingerprint density at radius 2 is 2.06 bits per heavy atom. The third kappa shape index (κ3) is 3.27. The fraction of sp³-hybridized carbons (Fsp3) is 0.0833. The topological polar surface area (TPSA) is 64.0 Å². The van der Waals surface area contributed by atoms with Gasteiger partial charge in [0.1, 0.15) is 6.54 Å². The number of halogens is 1. The maximum Gasteiger partial charge on any atom is 0.269 e. The summed E-state index contributed by atoms with van der Waals surface area (Å²) in [5, 5.41) is 2.70. The Balaban J connectivity index is 2.03. The van der Waals surface area contributed by atoms with E-state index in [1.807, 2.05) is 12.1 Å². The molecule has 1 heterocycles. The van der Waals surface area contributed by atoms with Crippen molar-refractivity contribution in [3.8, 4) is 0 Å². The molecule has 0 aliphatic carbocycles. The summed E-state index contributed by atoms with van der Waals surface area (Å²) in [4.78, 5) is 26.8. The highest BCUT2D eigenvalue weighted by Crippen LogP contribution is 2.13. The summed E-state index contributed by atoms with van der Waals surface area (Å²) < 4.78 is 2.23. The van der Waals surface area contributed by atoms with Crippen LogP contribution < -0.4 is 10.9 Å². The summed E-state index contributed by atoms with van der Waals surface area (Å²) in [6.45, 7) is -0.0303. The molecule has 0 aliphatic heterocycles. The normalized spacial score (nSPS) is 10.1.